The summed E-state index contributed by atoms with van der Waals surface area (Å²) in [4.78, 5) is 16.1. The van der Waals surface area contributed by atoms with Gasteiger partial charge < -0.3 is 10.6 Å². The van der Waals surface area contributed by atoms with Crippen LogP contribution in [-0.4, -0.2) is 20.7 Å². The van der Waals surface area contributed by atoms with Crippen molar-refractivity contribution < 1.29 is 18.0 Å². The number of carbonyl (C=O) groups is 1. The Balaban J connectivity index is 1.75. The van der Waals surface area contributed by atoms with Crippen molar-refractivity contribution in [2.75, 3.05) is 10.6 Å². The third-order valence-electron chi connectivity index (χ3n) is 4.06. The number of hydrogen-bond acceptors (Lipinski definition) is 4. The molecular formula is C18H11ClF3N5O. The smallest absolute Gasteiger partial charge is 0.353 e. The molecular weight excluding hydrogens is 395 g/mol. The molecule has 2 heterocycles. The standard InChI is InChI=1S/C18H11ClF3N5O/c19-13-6-16-15(5-12(13)18(20,21)22)26-17(28)7-14(25-16)10-2-1-3-11(4-10)27-9-23-8-24-27/h1-9,25H,(H,26,28). The Hall–Kier alpha value is -3.33. The van der Waals surface area contributed by atoms with E-state index in [-0.39, 0.29) is 11.4 Å². The quantitative estimate of drug-likeness (QED) is 0.665. The van der Waals surface area contributed by atoms with Gasteiger partial charge in [0.25, 0.3) is 5.91 Å². The molecule has 0 atom stereocenters. The number of anilines is 2. The fraction of sp³-hybridized carbons (Fsp3) is 0.0556. The third kappa shape index (κ3) is 3.44. The summed E-state index contributed by atoms with van der Waals surface area (Å²) in [6, 6.07) is 9.03. The molecule has 2 N–H and O–H groups in total. The molecule has 2 aromatic carbocycles. The molecule has 1 aliphatic rings. The lowest BCUT2D eigenvalue weighted by molar-refractivity contribution is -0.137. The first-order valence-corrected chi connectivity index (χ1v) is 8.35. The number of benzene rings is 2. The first kappa shape index (κ1) is 18.1. The van der Waals surface area contributed by atoms with E-state index in [0.29, 0.717) is 16.9 Å². The molecule has 0 unspecified atom stereocenters. The fourth-order valence-electron chi connectivity index (χ4n) is 2.79. The van der Waals surface area contributed by atoms with Gasteiger partial charge in [0.2, 0.25) is 0 Å². The molecule has 0 saturated carbocycles. The molecule has 3 aromatic rings. The Morgan fingerprint density at radius 1 is 1.07 bits per heavy atom. The number of halogens is 4. The topological polar surface area (TPSA) is 71.8 Å². The van der Waals surface area contributed by atoms with Crippen LogP contribution in [0.15, 0.2) is 55.1 Å². The molecule has 0 bridgehead atoms. The Morgan fingerprint density at radius 2 is 1.86 bits per heavy atom. The maximum atomic E-state index is 13.1. The zero-order chi connectivity index (χ0) is 19.9. The summed E-state index contributed by atoms with van der Waals surface area (Å²) in [5.74, 6) is -0.567. The van der Waals surface area contributed by atoms with E-state index in [0.717, 1.165) is 12.1 Å². The second-order valence-electron chi connectivity index (χ2n) is 5.94. The highest BCUT2D eigenvalue weighted by Crippen LogP contribution is 2.41. The zero-order valence-electron chi connectivity index (χ0n) is 14.0. The monoisotopic (exact) mass is 405 g/mol. The molecule has 0 saturated heterocycles. The van der Waals surface area contributed by atoms with Gasteiger partial charge in [-0.1, -0.05) is 23.7 Å². The zero-order valence-corrected chi connectivity index (χ0v) is 14.7. The van der Waals surface area contributed by atoms with Gasteiger partial charge in [0.1, 0.15) is 12.7 Å². The lowest BCUT2D eigenvalue weighted by atomic mass is 10.1. The summed E-state index contributed by atoms with van der Waals surface area (Å²) in [6.45, 7) is 0. The molecule has 0 radical (unpaired) electrons. The number of hydrogen-bond donors (Lipinski definition) is 2. The van der Waals surface area contributed by atoms with Crippen LogP contribution in [0.2, 0.25) is 5.02 Å². The van der Waals surface area contributed by atoms with Crippen LogP contribution in [0, 0.1) is 0 Å². The van der Waals surface area contributed by atoms with Crippen LogP contribution in [0.25, 0.3) is 11.4 Å². The number of nitrogens with zero attached hydrogens (tertiary/aromatic N) is 3. The summed E-state index contributed by atoms with van der Waals surface area (Å²) >= 11 is 5.81. The molecule has 142 valence electrons. The maximum Gasteiger partial charge on any atom is 0.417 e. The molecule has 1 aliphatic heterocycles. The lowest BCUT2D eigenvalue weighted by Crippen LogP contribution is -2.10. The molecule has 1 amide bonds. The van der Waals surface area contributed by atoms with Gasteiger partial charge in [-0.15, -0.1) is 0 Å². The van der Waals surface area contributed by atoms with Crippen molar-refractivity contribution in [3.63, 3.8) is 0 Å². The first-order valence-electron chi connectivity index (χ1n) is 7.97. The van der Waals surface area contributed by atoms with E-state index in [4.69, 9.17) is 11.6 Å². The van der Waals surface area contributed by atoms with Crippen LogP contribution in [0.4, 0.5) is 24.5 Å². The molecule has 0 spiro atoms. The summed E-state index contributed by atoms with van der Waals surface area (Å²) in [5, 5.41) is 9.00. The van der Waals surface area contributed by atoms with Crippen LogP contribution < -0.4 is 10.6 Å². The second-order valence-corrected chi connectivity index (χ2v) is 6.35. The summed E-state index contributed by atoms with van der Waals surface area (Å²) in [6.07, 6.45) is -0.457. The SMILES string of the molecule is O=C1C=C(c2cccc(-n3cncn3)c2)Nc2cc(Cl)c(C(F)(F)F)cc2N1. The Bertz CT molecular complexity index is 1090. The predicted molar refractivity (Wildman–Crippen MR) is 98.0 cm³/mol. The van der Waals surface area contributed by atoms with Gasteiger partial charge in [0.15, 0.2) is 0 Å². The Kier molecular flexibility index (Phi) is 4.31. The molecule has 10 heteroatoms. The van der Waals surface area contributed by atoms with Gasteiger partial charge in [0, 0.05) is 11.6 Å². The van der Waals surface area contributed by atoms with E-state index in [1.807, 2.05) is 0 Å². The number of amides is 1. The first-order chi connectivity index (χ1) is 13.3. The number of alkyl halides is 3. The van der Waals surface area contributed by atoms with Gasteiger partial charge in [0.05, 0.1) is 33.3 Å². The third-order valence-corrected chi connectivity index (χ3v) is 4.37. The highest BCUT2D eigenvalue weighted by molar-refractivity contribution is 6.32. The van der Waals surface area contributed by atoms with Gasteiger partial charge >= 0.3 is 6.18 Å². The van der Waals surface area contributed by atoms with Crippen LogP contribution in [0.5, 0.6) is 0 Å². The van der Waals surface area contributed by atoms with E-state index in [1.54, 1.807) is 28.9 Å². The maximum absolute atomic E-state index is 13.1. The lowest BCUT2D eigenvalue weighted by Gasteiger charge is -2.16. The van der Waals surface area contributed by atoms with E-state index in [9.17, 15) is 18.0 Å². The average molecular weight is 406 g/mol. The van der Waals surface area contributed by atoms with Crippen molar-refractivity contribution in [2.24, 2.45) is 0 Å². The van der Waals surface area contributed by atoms with Crippen molar-refractivity contribution >= 4 is 34.6 Å². The average Bonchev–Trinajstić information content (AvgIpc) is 3.11. The van der Waals surface area contributed by atoms with Crippen molar-refractivity contribution in [2.45, 2.75) is 6.18 Å². The summed E-state index contributed by atoms with van der Waals surface area (Å²) in [5.41, 5.74) is 0.947. The molecule has 1 aromatic heterocycles. The Labute approximate surface area is 161 Å². The van der Waals surface area contributed by atoms with Crippen molar-refractivity contribution in [3.05, 3.63) is 71.3 Å². The van der Waals surface area contributed by atoms with Crippen molar-refractivity contribution in [3.8, 4) is 5.69 Å². The van der Waals surface area contributed by atoms with Crippen LogP contribution in [-0.2, 0) is 11.0 Å². The molecule has 0 fully saturated rings. The van der Waals surface area contributed by atoms with Crippen molar-refractivity contribution in [1.82, 2.24) is 14.8 Å². The van der Waals surface area contributed by atoms with E-state index in [1.165, 1.54) is 18.7 Å². The minimum atomic E-state index is -4.63. The van der Waals surface area contributed by atoms with Gasteiger partial charge in [-0.2, -0.15) is 18.3 Å². The fourth-order valence-corrected chi connectivity index (χ4v) is 3.06. The number of rotatable bonds is 2. The molecule has 4 rings (SSSR count). The molecule has 0 aliphatic carbocycles. The van der Waals surface area contributed by atoms with E-state index < -0.39 is 22.7 Å². The van der Waals surface area contributed by atoms with Crippen molar-refractivity contribution in [1.29, 1.82) is 0 Å². The number of carbonyl (C=O) groups excluding carboxylic acids is 1. The van der Waals surface area contributed by atoms with Gasteiger partial charge in [-0.3, -0.25) is 4.79 Å². The normalized spacial score (nSPS) is 13.9. The van der Waals surface area contributed by atoms with E-state index in [2.05, 4.69) is 20.7 Å². The molecule has 6 nitrogen and oxygen atoms in total. The highest BCUT2D eigenvalue weighted by Gasteiger charge is 2.34. The summed E-state index contributed by atoms with van der Waals surface area (Å²) < 4.78 is 40.8. The minimum absolute atomic E-state index is 0.0135. The van der Waals surface area contributed by atoms with Gasteiger partial charge in [-0.05, 0) is 24.3 Å². The predicted octanol–water partition coefficient (Wildman–Crippen LogP) is 4.34. The summed E-state index contributed by atoms with van der Waals surface area (Å²) in [7, 11) is 0. The highest BCUT2D eigenvalue weighted by atomic mass is 35.5. The van der Waals surface area contributed by atoms with Gasteiger partial charge in [-0.25, -0.2) is 9.67 Å². The minimum Gasteiger partial charge on any atom is -0.353 e. The largest absolute Gasteiger partial charge is 0.417 e. The van der Waals surface area contributed by atoms with Crippen LogP contribution in [0.3, 0.4) is 0 Å². The molecule has 28 heavy (non-hydrogen) atoms. The number of fused-ring (bicyclic) bond motifs is 1. The second kappa shape index (κ2) is 6.68. The van der Waals surface area contributed by atoms with E-state index >= 15 is 0 Å². The number of nitrogens with one attached hydrogen (secondary N) is 2. The Morgan fingerprint density at radius 3 is 2.57 bits per heavy atom. The van der Waals surface area contributed by atoms with Crippen LogP contribution >= 0.6 is 11.6 Å². The number of aromatic nitrogens is 3. The van der Waals surface area contributed by atoms with Crippen LogP contribution in [0.1, 0.15) is 11.1 Å².